The van der Waals surface area contributed by atoms with Crippen LogP contribution >= 0.6 is 0 Å². The molecule has 3 saturated carbocycles. The second-order valence-corrected chi connectivity index (χ2v) is 11.5. The van der Waals surface area contributed by atoms with E-state index in [1.54, 1.807) is 6.26 Å². The Morgan fingerprint density at radius 2 is 1.83 bits per heavy atom. The van der Waals surface area contributed by atoms with Gasteiger partial charge in [0.25, 0.3) is 0 Å². The molecule has 6 atom stereocenters. The Kier molecular flexibility index (Phi) is 5.39. The minimum atomic E-state index is -0.499. The molecule has 0 radical (unpaired) electrons. The van der Waals surface area contributed by atoms with Gasteiger partial charge in [0.2, 0.25) is 5.91 Å². The summed E-state index contributed by atoms with van der Waals surface area (Å²) in [6.45, 7) is 8.90. The summed E-state index contributed by atoms with van der Waals surface area (Å²) in [6, 6.07) is 17.9. The van der Waals surface area contributed by atoms with E-state index in [9.17, 15) is 4.79 Å². The van der Waals surface area contributed by atoms with Crippen molar-refractivity contribution in [1.29, 1.82) is 0 Å². The maximum Gasteiger partial charge on any atom is 0.482 e. The molecule has 1 unspecified atom stereocenters. The molecule has 1 amide bonds. The molecule has 4 fully saturated rings. The number of para-hydroxylation sites is 1. The Balaban J connectivity index is 1.28. The first-order valence-electron chi connectivity index (χ1n) is 12.9. The van der Waals surface area contributed by atoms with Gasteiger partial charge in [0.05, 0.1) is 29.8 Å². The summed E-state index contributed by atoms with van der Waals surface area (Å²) < 4.78 is 19.2. The largest absolute Gasteiger partial charge is 0.482 e. The van der Waals surface area contributed by atoms with Crippen molar-refractivity contribution in [3.8, 4) is 0 Å². The van der Waals surface area contributed by atoms with Gasteiger partial charge in [0.15, 0.2) is 0 Å². The van der Waals surface area contributed by atoms with Gasteiger partial charge < -0.3 is 19.0 Å². The number of benzene rings is 2. The monoisotopic (exact) mass is 471 g/mol. The summed E-state index contributed by atoms with van der Waals surface area (Å²) in [5, 5.41) is 4.37. The van der Waals surface area contributed by atoms with Gasteiger partial charge in [0.1, 0.15) is 5.58 Å². The number of hydrogen-bond acceptors (Lipinski definition) is 4. The van der Waals surface area contributed by atoms with E-state index >= 15 is 0 Å². The highest BCUT2D eigenvalue weighted by atomic mass is 16.7. The standard InChI is InChI=1S/C29H34BNO4/c1-18(19-10-6-5-7-11-19)27(32)31-26(14-20-17-33-23-13-9-8-12-22(20)23)30-34-25-16-21-15-24(28(21,2)3)29(25,4)35-30/h5-13,17-18,21,24-26H,14-16H2,1-4H3,(H,31,32)/t18-,21?,24-,25+,26-,29-/m0/s1. The van der Waals surface area contributed by atoms with Crippen LogP contribution in [0.25, 0.3) is 11.0 Å². The Morgan fingerprint density at radius 3 is 2.60 bits per heavy atom. The van der Waals surface area contributed by atoms with Gasteiger partial charge in [-0.25, -0.2) is 0 Å². The van der Waals surface area contributed by atoms with Crippen molar-refractivity contribution in [3.05, 3.63) is 72.0 Å². The Bertz CT molecular complexity index is 1240. The molecule has 6 heteroatoms. The van der Waals surface area contributed by atoms with E-state index < -0.39 is 7.12 Å². The fourth-order valence-electron chi connectivity index (χ4n) is 6.91. The highest BCUT2D eigenvalue weighted by molar-refractivity contribution is 6.48. The number of furan rings is 1. The highest BCUT2D eigenvalue weighted by Crippen LogP contribution is 2.65. The molecule has 7 rings (SSSR count). The predicted octanol–water partition coefficient (Wildman–Crippen LogP) is 5.53. The summed E-state index contributed by atoms with van der Waals surface area (Å²) in [7, 11) is -0.499. The van der Waals surface area contributed by atoms with Crippen molar-refractivity contribution in [2.45, 2.75) is 70.5 Å². The summed E-state index contributed by atoms with van der Waals surface area (Å²) in [6.07, 6.45) is 4.66. The van der Waals surface area contributed by atoms with E-state index in [4.69, 9.17) is 13.7 Å². The van der Waals surface area contributed by atoms with Crippen molar-refractivity contribution in [1.82, 2.24) is 5.32 Å². The first-order valence-corrected chi connectivity index (χ1v) is 12.9. The Labute approximate surface area is 207 Å². The van der Waals surface area contributed by atoms with Gasteiger partial charge in [-0.05, 0) is 67.6 Å². The summed E-state index contributed by atoms with van der Waals surface area (Å²) in [4.78, 5) is 13.4. The first kappa shape index (κ1) is 22.9. The van der Waals surface area contributed by atoms with Crippen LogP contribution in [-0.4, -0.2) is 30.7 Å². The van der Waals surface area contributed by atoms with E-state index in [0.29, 0.717) is 18.3 Å². The van der Waals surface area contributed by atoms with Crippen LogP contribution in [0, 0.1) is 17.3 Å². The van der Waals surface area contributed by atoms with Crippen molar-refractivity contribution in [2.75, 3.05) is 0 Å². The SMILES string of the molecule is C[C@H](C(=O)N[C@@H](Cc1coc2ccccc12)B1O[C@@H]2CC3C[C@@H](C3(C)C)[C@]2(C)O1)c1ccccc1. The van der Waals surface area contributed by atoms with Crippen molar-refractivity contribution >= 4 is 24.0 Å². The number of carbonyl (C=O) groups is 1. The molecule has 2 aromatic carbocycles. The fraction of sp³-hybridized carbons (Fsp3) is 0.483. The van der Waals surface area contributed by atoms with Crippen molar-refractivity contribution in [3.63, 3.8) is 0 Å². The lowest BCUT2D eigenvalue weighted by molar-refractivity contribution is -0.199. The number of hydrogen-bond donors (Lipinski definition) is 1. The summed E-state index contributed by atoms with van der Waals surface area (Å²) >= 11 is 0. The average Bonchev–Trinajstić information content (AvgIpc) is 3.43. The van der Waals surface area contributed by atoms with Crippen LogP contribution in [0.15, 0.2) is 65.3 Å². The van der Waals surface area contributed by atoms with Crippen molar-refractivity contribution in [2.24, 2.45) is 17.3 Å². The topological polar surface area (TPSA) is 60.7 Å². The number of rotatable bonds is 6. The molecule has 4 aliphatic rings. The van der Waals surface area contributed by atoms with Gasteiger partial charge in [0, 0.05) is 5.39 Å². The molecule has 1 aromatic heterocycles. The predicted molar refractivity (Wildman–Crippen MR) is 137 cm³/mol. The number of fused-ring (bicyclic) bond motifs is 1. The molecule has 1 saturated heterocycles. The van der Waals surface area contributed by atoms with Gasteiger partial charge >= 0.3 is 7.12 Å². The lowest BCUT2D eigenvalue weighted by Gasteiger charge is -2.64. The van der Waals surface area contributed by atoms with E-state index in [0.717, 1.165) is 28.5 Å². The molecular weight excluding hydrogens is 437 g/mol. The zero-order chi connectivity index (χ0) is 24.4. The van der Waals surface area contributed by atoms with Crippen molar-refractivity contribution < 1.29 is 18.5 Å². The number of carbonyl (C=O) groups excluding carboxylic acids is 1. The van der Waals surface area contributed by atoms with Gasteiger partial charge in [-0.3, -0.25) is 4.79 Å². The van der Waals surface area contributed by atoms with Crippen LogP contribution in [0.5, 0.6) is 0 Å². The van der Waals surface area contributed by atoms with Gasteiger partial charge in [-0.1, -0.05) is 62.4 Å². The average molecular weight is 471 g/mol. The second kappa shape index (κ2) is 8.24. The first-order chi connectivity index (χ1) is 16.8. The molecule has 3 aromatic rings. The Hall–Kier alpha value is -2.57. The molecule has 5 nitrogen and oxygen atoms in total. The summed E-state index contributed by atoms with van der Waals surface area (Å²) in [5.41, 5.74) is 2.84. The molecular formula is C29H34BNO4. The third-order valence-electron chi connectivity index (χ3n) is 9.32. The molecule has 2 bridgehead atoms. The normalized spacial score (nSPS) is 30.4. The quantitative estimate of drug-likeness (QED) is 0.481. The molecule has 182 valence electrons. The fourth-order valence-corrected chi connectivity index (χ4v) is 6.91. The molecule has 0 spiro atoms. The van der Waals surface area contributed by atoms with Crippen LogP contribution in [-0.2, 0) is 20.5 Å². The Morgan fingerprint density at radius 1 is 1.09 bits per heavy atom. The van der Waals surface area contributed by atoms with E-state index in [2.05, 4.69) is 32.2 Å². The van der Waals surface area contributed by atoms with Gasteiger partial charge in [-0.2, -0.15) is 0 Å². The lowest BCUT2D eigenvalue weighted by Crippen LogP contribution is -2.65. The maximum atomic E-state index is 13.4. The zero-order valence-corrected chi connectivity index (χ0v) is 21.0. The minimum Gasteiger partial charge on any atom is -0.464 e. The molecule has 1 N–H and O–H groups in total. The van der Waals surface area contributed by atoms with E-state index in [-0.39, 0.29) is 34.9 Å². The van der Waals surface area contributed by atoms with Crippen LogP contribution in [0.4, 0.5) is 0 Å². The smallest absolute Gasteiger partial charge is 0.464 e. The van der Waals surface area contributed by atoms with Crippen LogP contribution in [0.1, 0.15) is 57.6 Å². The highest BCUT2D eigenvalue weighted by Gasteiger charge is 2.68. The van der Waals surface area contributed by atoms with E-state index in [1.165, 1.54) is 6.42 Å². The van der Waals surface area contributed by atoms with Crippen LogP contribution in [0.2, 0.25) is 0 Å². The molecule has 2 heterocycles. The molecule has 35 heavy (non-hydrogen) atoms. The number of nitrogens with one attached hydrogen (secondary N) is 1. The van der Waals surface area contributed by atoms with Crippen LogP contribution < -0.4 is 5.32 Å². The number of amides is 1. The second-order valence-electron chi connectivity index (χ2n) is 11.5. The summed E-state index contributed by atoms with van der Waals surface area (Å²) in [5.74, 6) is 0.532. The minimum absolute atomic E-state index is 0.0224. The van der Waals surface area contributed by atoms with Gasteiger partial charge in [-0.15, -0.1) is 0 Å². The third-order valence-corrected chi connectivity index (χ3v) is 9.32. The lowest BCUT2D eigenvalue weighted by atomic mass is 9.43. The molecule has 1 aliphatic heterocycles. The van der Waals surface area contributed by atoms with Crippen LogP contribution in [0.3, 0.4) is 0 Å². The van der Waals surface area contributed by atoms with E-state index in [1.807, 2.05) is 55.5 Å². The maximum absolute atomic E-state index is 13.4. The molecule has 3 aliphatic carbocycles. The third kappa shape index (κ3) is 3.65. The zero-order valence-electron chi connectivity index (χ0n) is 21.0.